The lowest BCUT2D eigenvalue weighted by Crippen LogP contribution is -2.18. The third-order valence-corrected chi connectivity index (χ3v) is 5.48. The number of anilines is 1. The Morgan fingerprint density at radius 2 is 1.87 bits per heavy atom. The Balaban J connectivity index is 1.63. The maximum Gasteiger partial charge on any atom is 0.232 e. The molecule has 152 valence electrons. The van der Waals surface area contributed by atoms with Crippen LogP contribution in [-0.4, -0.2) is 32.2 Å². The van der Waals surface area contributed by atoms with Crippen molar-refractivity contribution in [2.45, 2.75) is 32.0 Å². The Labute approximate surface area is 179 Å². The fourth-order valence-corrected chi connectivity index (χ4v) is 3.79. The number of aromatic nitrogens is 3. The highest BCUT2D eigenvalue weighted by atomic mass is 32.2. The minimum atomic E-state index is -0.170. The van der Waals surface area contributed by atoms with E-state index in [0.29, 0.717) is 28.7 Å². The summed E-state index contributed by atoms with van der Waals surface area (Å²) in [7, 11) is 0. The number of nitriles is 1. The molecular formula is C22H21N5O2S. The molecule has 0 bridgehead atoms. The predicted molar refractivity (Wildman–Crippen MR) is 115 cm³/mol. The Morgan fingerprint density at radius 1 is 1.13 bits per heavy atom. The quantitative estimate of drug-likeness (QED) is 0.442. The van der Waals surface area contributed by atoms with Gasteiger partial charge in [0.2, 0.25) is 5.91 Å². The van der Waals surface area contributed by atoms with Crippen LogP contribution in [0.25, 0.3) is 0 Å². The van der Waals surface area contributed by atoms with Crippen molar-refractivity contribution in [3.63, 3.8) is 0 Å². The Bertz CT molecular complexity index is 1100. The molecule has 0 fully saturated rings. The van der Waals surface area contributed by atoms with E-state index in [2.05, 4.69) is 15.5 Å². The van der Waals surface area contributed by atoms with Gasteiger partial charge in [-0.1, -0.05) is 42.1 Å². The van der Waals surface area contributed by atoms with Crippen molar-refractivity contribution >= 4 is 29.1 Å². The first-order valence-electron chi connectivity index (χ1n) is 9.45. The van der Waals surface area contributed by atoms with E-state index < -0.39 is 0 Å². The number of rotatable bonds is 8. The molecule has 0 unspecified atom stereocenters. The number of carbonyl (C=O) groups excluding carboxylic acids is 2. The molecule has 1 amide bonds. The van der Waals surface area contributed by atoms with E-state index in [9.17, 15) is 9.59 Å². The van der Waals surface area contributed by atoms with E-state index in [-0.39, 0.29) is 23.9 Å². The van der Waals surface area contributed by atoms with Crippen LogP contribution in [-0.2, 0) is 17.8 Å². The van der Waals surface area contributed by atoms with Gasteiger partial charge in [0.15, 0.2) is 10.9 Å². The molecule has 0 spiro atoms. The van der Waals surface area contributed by atoms with E-state index in [4.69, 9.17) is 5.26 Å². The van der Waals surface area contributed by atoms with Gasteiger partial charge in [-0.15, -0.1) is 10.2 Å². The molecule has 8 heteroatoms. The summed E-state index contributed by atoms with van der Waals surface area (Å²) in [5.41, 5.74) is 2.81. The number of Topliss-reactive ketones (excluding diaryl/α,β-unsaturated/α-hetero) is 1. The molecule has 0 atom stereocenters. The second-order valence-electron chi connectivity index (χ2n) is 6.58. The molecule has 3 rings (SSSR count). The SMILES string of the molecule is CCn1c(CC(=O)Nc2ccccc2C)nnc1SCC(=O)c1ccc(C#N)cc1. The smallest absolute Gasteiger partial charge is 0.232 e. The fourth-order valence-electron chi connectivity index (χ4n) is 2.87. The Morgan fingerprint density at radius 3 is 2.53 bits per heavy atom. The van der Waals surface area contributed by atoms with Gasteiger partial charge in [0, 0.05) is 17.8 Å². The second-order valence-corrected chi connectivity index (χ2v) is 7.53. The highest BCUT2D eigenvalue weighted by molar-refractivity contribution is 7.99. The molecule has 1 heterocycles. The van der Waals surface area contributed by atoms with Gasteiger partial charge in [0.1, 0.15) is 5.82 Å². The van der Waals surface area contributed by atoms with Crippen molar-refractivity contribution in [3.05, 3.63) is 71.0 Å². The summed E-state index contributed by atoms with van der Waals surface area (Å²) < 4.78 is 1.84. The largest absolute Gasteiger partial charge is 0.325 e. The van der Waals surface area contributed by atoms with E-state index in [1.54, 1.807) is 24.3 Å². The summed E-state index contributed by atoms with van der Waals surface area (Å²) in [6, 6.07) is 16.1. The Hall–Kier alpha value is -3.44. The number of thioether (sulfide) groups is 1. The number of aryl methyl sites for hydroxylation is 1. The fraction of sp³-hybridized carbons (Fsp3) is 0.227. The zero-order valence-electron chi connectivity index (χ0n) is 16.8. The predicted octanol–water partition coefficient (Wildman–Crippen LogP) is 3.63. The summed E-state index contributed by atoms with van der Waals surface area (Å²) in [6.07, 6.45) is 0.0965. The number of carbonyl (C=O) groups is 2. The van der Waals surface area contributed by atoms with Gasteiger partial charge in [-0.2, -0.15) is 5.26 Å². The summed E-state index contributed by atoms with van der Waals surface area (Å²) in [5, 5.41) is 20.7. The van der Waals surface area contributed by atoms with Crippen LogP contribution < -0.4 is 5.32 Å². The molecule has 0 aliphatic heterocycles. The van der Waals surface area contributed by atoms with Gasteiger partial charge in [0.05, 0.1) is 23.8 Å². The first-order chi connectivity index (χ1) is 14.5. The van der Waals surface area contributed by atoms with E-state index in [1.165, 1.54) is 11.8 Å². The van der Waals surface area contributed by atoms with Gasteiger partial charge in [-0.05, 0) is 37.6 Å². The minimum absolute atomic E-state index is 0.0611. The van der Waals surface area contributed by atoms with Crippen molar-refractivity contribution in [1.29, 1.82) is 5.26 Å². The van der Waals surface area contributed by atoms with Gasteiger partial charge < -0.3 is 9.88 Å². The van der Waals surface area contributed by atoms with Crippen LogP contribution in [0.15, 0.2) is 53.7 Å². The molecule has 0 radical (unpaired) electrons. The van der Waals surface area contributed by atoms with E-state index in [0.717, 1.165) is 11.3 Å². The first kappa shape index (κ1) is 21.3. The van der Waals surface area contributed by atoms with Crippen molar-refractivity contribution in [2.75, 3.05) is 11.1 Å². The zero-order valence-corrected chi connectivity index (χ0v) is 17.6. The molecule has 0 aliphatic carbocycles. The number of hydrogen-bond donors (Lipinski definition) is 1. The average molecular weight is 420 g/mol. The summed E-state index contributed by atoms with van der Waals surface area (Å²) >= 11 is 1.28. The lowest BCUT2D eigenvalue weighted by Gasteiger charge is -2.09. The molecule has 0 saturated carbocycles. The topological polar surface area (TPSA) is 101 Å². The highest BCUT2D eigenvalue weighted by Crippen LogP contribution is 2.20. The molecule has 1 aromatic heterocycles. The number of ketones is 1. The van der Waals surface area contributed by atoms with Gasteiger partial charge in [-0.3, -0.25) is 9.59 Å². The lowest BCUT2D eigenvalue weighted by molar-refractivity contribution is -0.115. The van der Waals surface area contributed by atoms with E-state index in [1.807, 2.05) is 48.7 Å². The van der Waals surface area contributed by atoms with Gasteiger partial charge >= 0.3 is 0 Å². The van der Waals surface area contributed by atoms with Crippen LogP contribution in [0.5, 0.6) is 0 Å². The molecule has 0 saturated heterocycles. The van der Waals surface area contributed by atoms with Crippen LogP contribution in [0, 0.1) is 18.3 Å². The molecule has 3 aromatic rings. The molecule has 2 aromatic carbocycles. The van der Waals surface area contributed by atoms with Gasteiger partial charge in [0.25, 0.3) is 0 Å². The van der Waals surface area contributed by atoms with Crippen molar-refractivity contribution < 1.29 is 9.59 Å². The van der Waals surface area contributed by atoms with Crippen molar-refractivity contribution in [2.24, 2.45) is 0 Å². The number of amides is 1. The normalized spacial score (nSPS) is 10.4. The van der Waals surface area contributed by atoms with Crippen LogP contribution in [0.3, 0.4) is 0 Å². The monoisotopic (exact) mass is 419 g/mol. The summed E-state index contributed by atoms with van der Waals surface area (Å²) in [5.74, 6) is 0.516. The van der Waals surface area contributed by atoms with Crippen LogP contribution in [0.2, 0.25) is 0 Å². The van der Waals surface area contributed by atoms with E-state index >= 15 is 0 Å². The molecule has 7 nitrogen and oxygen atoms in total. The maximum atomic E-state index is 12.4. The second kappa shape index (κ2) is 9.85. The standard InChI is InChI=1S/C22H21N5O2S/c1-3-27-20(12-21(29)24-18-7-5-4-6-15(18)2)25-26-22(27)30-14-19(28)17-10-8-16(13-23)9-11-17/h4-11H,3,12,14H2,1-2H3,(H,24,29). The van der Waals surface area contributed by atoms with Crippen molar-refractivity contribution in [3.8, 4) is 6.07 Å². The lowest BCUT2D eigenvalue weighted by atomic mass is 10.1. The number of hydrogen-bond acceptors (Lipinski definition) is 6. The maximum absolute atomic E-state index is 12.4. The minimum Gasteiger partial charge on any atom is -0.325 e. The number of para-hydroxylation sites is 1. The summed E-state index contributed by atoms with van der Waals surface area (Å²) in [4.78, 5) is 24.9. The number of nitrogens with zero attached hydrogens (tertiary/aromatic N) is 4. The van der Waals surface area contributed by atoms with Crippen LogP contribution in [0.1, 0.15) is 34.2 Å². The third-order valence-electron chi connectivity index (χ3n) is 4.52. The summed E-state index contributed by atoms with van der Waals surface area (Å²) in [6.45, 7) is 4.47. The molecule has 0 aliphatic rings. The van der Waals surface area contributed by atoms with Gasteiger partial charge in [-0.25, -0.2) is 0 Å². The number of nitrogens with one attached hydrogen (secondary N) is 1. The number of benzene rings is 2. The first-order valence-corrected chi connectivity index (χ1v) is 10.4. The van der Waals surface area contributed by atoms with Crippen LogP contribution in [0.4, 0.5) is 5.69 Å². The third kappa shape index (κ3) is 5.13. The average Bonchev–Trinajstić information content (AvgIpc) is 3.14. The zero-order chi connectivity index (χ0) is 21.5. The van der Waals surface area contributed by atoms with Crippen LogP contribution >= 0.6 is 11.8 Å². The molecule has 30 heavy (non-hydrogen) atoms. The molecule has 1 N–H and O–H groups in total. The molecular weight excluding hydrogens is 398 g/mol. The van der Waals surface area contributed by atoms with Crippen molar-refractivity contribution in [1.82, 2.24) is 14.8 Å². The highest BCUT2D eigenvalue weighted by Gasteiger charge is 2.17. The Kier molecular flexibility index (Phi) is 6.99.